The molecule has 2 aliphatic rings. The summed E-state index contributed by atoms with van der Waals surface area (Å²) < 4.78 is 29.3. The highest BCUT2D eigenvalue weighted by molar-refractivity contribution is 5.66. The molecule has 0 aliphatic carbocycles. The minimum Gasteiger partial charge on any atom is -0.391 e. The van der Waals surface area contributed by atoms with E-state index in [0.29, 0.717) is 18.5 Å². The minimum absolute atomic E-state index is 0.118. The van der Waals surface area contributed by atoms with E-state index in [1.54, 1.807) is 15.6 Å². The highest BCUT2D eigenvalue weighted by atomic mass is 19.1. The van der Waals surface area contributed by atoms with Crippen LogP contribution in [0.3, 0.4) is 0 Å². The third-order valence-corrected chi connectivity index (χ3v) is 6.25. The normalized spacial score (nSPS) is 24.2. The molecule has 5 rings (SSSR count). The summed E-state index contributed by atoms with van der Waals surface area (Å²) >= 11 is 0. The number of hydrogen-bond acceptors (Lipinski definition) is 4. The van der Waals surface area contributed by atoms with Gasteiger partial charge in [0.25, 0.3) is 0 Å². The van der Waals surface area contributed by atoms with Gasteiger partial charge in [-0.2, -0.15) is 5.10 Å². The quantitative estimate of drug-likeness (QED) is 0.669. The van der Waals surface area contributed by atoms with E-state index < -0.39 is 23.8 Å². The third kappa shape index (κ3) is 3.11. The van der Waals surface area contributed by atoms with Gasteiger partial charge in [0, 0.05) is 36.6 Å². The van der Waals surface area contributed by atoms with Crippen molar-refractivity contribution in [2.24, 2.45) is 0 Å². The SMILES string of the molecule is O=CN1CC[C@H](O)C1c1cnn2ccc(N3CCC[C@@H]3c3cc(F)cc(F)c3)cc12. The van der Waals surface area contributed by atoms with Crippen LogP contribution in [0.1, 0.15) is 42.5 Å². The van der Waals surface area contributed by atoms with Gasteiger partial charge < -0.3 is 14.9 Å². The lowest BCUT2D eigenvalue weighted by molar-refractivity contribution is -0.119. The summed E-state index contributed by atoms with van der Waals surface area (Å²) in [7, 11) is 0. The van der Waals surface area contributed by atoms with Gasteiger partial charge in [0.1, 0.15) is 11.6 Å². The summed E-state index contributed by atoms with van der Waals surface area (Å²) in [5.74, 6) is -1.15. The van der Waals surface area contributed by atoms with Gasteiger partial charge in [0.2, 0.25) is 6.41 Å². The summed E-state index contributed by atoms with van der Waals surface area (Å²) in [4.78, 5) is 15.2. The number of fused-ring (bicyclic) bond motifs is 1. The van der Waals surface area contributed by atoms with Gasteiger partial charge in [-0.15, -0.1) is 0 Å². The van der Waals surface area contributed by atoms with Crippen molar-refractivity contribution in [2.45, 2.75) is 37.5 Å². The average molecular weight is 412 g/mol. The number of likely N-dealkylation sites (tertiary alicyclic amines) is 1. The van der Waals surface area contributed by atoms with Crippen LogP contribution >= 0.6 is 0 Å². The summed E-state index contributed by atoms with van der Waals surface area (Å²) in [6.07, 6.45) is 5.91. The van der Waals surface area contributed by atoms with Crippen molar-refractivity contribution in [2.75, 3.05) is 18.0 Å². The maximum Gasteiger partial charge on any atom is 0.210 e. The zero-order valence-corrected chi connectivity index (χ0v) is 16.3. The molecule has 2 saturated heterocycles. The fourth-order valence-corrected chi connectivity index (χ4v) is 4.89. The maximum atomic E-state index is 13.8. The van der Waals surface area contributed by atoms with Gasteiger partial charge >= 0.3 is 0 Å². The molecule has 2 fully saturated rings. The van der Waals surface area contributed by atoms with Gasteiger partial charge in [-0.25, -0.2) is 13.3 Å². The summed E-state index contributed by atoms with van der Waals surface area (Å²) in [5, 5.41) is 14.8. The van der Waals surface area contributed by atoms with Gasteiger partial charge in [-0.1, -0.05) is 0 Å². The van der Waals surface area contributed by atoms with Crippen molar-refractivity contribution in [3.63, 3.8) is 0 Å². The number of aliphatic hydroxyl groups excluding tert-OH is 1. The van der Waals surface area contributed by atoms with E-state index in [1.165, 1.54) is 12.1 Å². The van der Waals surface area contributed by atoms with Crippen molar-refractivity contribution in [1.82, 2.24) is 14.5 Å². The van der Waals surface area contributed by atoms with Crippen molar-refractivity contribution in [3.05, 3.63) is 65.5 Å². The van der Waals surface area contributed by atoms with Gasteiger partial charge in [-0.05, 0) is 49.1 Å². The van der Waals surface area contributed by atoms with Crippen LogP contribution in [0.5, 0.6) is 0 Å². The predicted octanol–water partition coefficient (Wildman–Crippen LogP) is 3.22. The van der Waals surface area contributed by atoms with E-state index in [0.717, 1.165) is 48.6 Å². The Morgan fingerprint density at radius 1 is 1.10 bits per heavy atom. The Kier molecular flexibility index (Phi) is 4.66. The van der Waals surface area contributed by atoms with Crippen LogP contribution < -0.4 is 4.90 Å². The lowest BCUT2D eigenvalue weighted by Gasteiger charge is -2.28. The smallest absolute Gasteiger partial charge is 0.210 e. The molecule has 3 aromatic rings. The molecule has 8 heteroatoms. The van der Waals surface area contributed by atoms with E-state index in [9.17, 15) is 18.7 Å². The van der Waals surface area contributed by atoms with Crippen LogP contribution in [0, 0.1) is 11.6 Å². The van der Waals surface area contributed by atoms with Gasteiger partial charge in [0.05, 0.1) is 29.9 Å². The number of carbonyl (C=O) groups excluding carboxylic acids is 1. The first kappa shape index (κ1) is 19.0. The molecule has 1 unspecified atom stereocenters. The van der Waals surface area contributed by atoms with Crippen molar-refractivity contribution >= 4 is 17.6 Å². The third-order valence-electron chi connectivity index (χ3n) is 6.25. The fraction of sp³-hybridized carbons (Fsp3) is 0.364. The van der Waals surface area contributed by atoms with Crippen LogP contribution in [0.15, 0.2) is 42.7 Å². The van der Waals surface area contributed by atoms with Crippen molar-refractivity contribution in [3.8, 4) is 0 Å². The van der Waals surface area contributed by atoms with Crippen molar-refractivity contribution < 1.29 is 18.7 Å². The van der Waals surface area contributed by atoms with E-state index in [1.807, 2.05) is 18.3 Å². The Hall–Kier alpha value is -3.00. The fourth-order valence-electron chi connectivity index (χ4n) is 4.89. The number of amides is 1. The maximum absolute atomic E-state index is 13.8. The molecule has 2 aromatic heterocycles. The second-order valence-corrected chi connectivity index (χ2v) is 8.01. The number of aliphatic hydroxyl groups is 1. The first-order chi connectivity index (χ1) is 14.5. The summed E-state index contributed by atoms with van der Waals surface area (Å²) in [5.41, 5.74) is 3.14. The van der Waals surface area contributed by atoms with Crippen LogP contribution in [0.2, 0.25) is 0 Å². The molecule has 30 heavy (non-hydrogen) atoms. The number of hydrogen-bond donors (Lipinski definition) is 1. The van der Waals surface area contributed by atoms with E-state index >= 15 is 0 Å². The van der Waals surface area contributed by atoms with Gasteiger partial charge in [-0.3, -0.25) is 4.79 Å². The number of carbonyl (C=O) groups is 1. The van der Waals surface area contributed by atoms with Crippen LogP contribution in [-0.4, -0.2) is 45.2 Å². The molecule has 4 heterocycles. The van der Waals surface area contributed by atoms with Gasteiger partial charge in [0.15, 0.2) is 0 Å². The molecular formula is C22H22F2N4O2. The second kappa shape index (κ2) is 7.36. The lowest BCUT2D eigenvalue weighted by atomic mass is 10.0. The molecule has 0 bridgehead atoms. The topological polar surface area (TPSA) is 61.1 Å². The molecule has 1 N–H and O–H groups in total. The Bertz CT molecular complexity index is 1080. The largest absolute Gasteiger partial charge is 0.391 e. The molecular weight excluding hydrogens is 390 g/mol. The number of aromatic nitrogens is 2. The monoisotopic (exact) mass is 412 g/mol. The molecule has 6 nitrogen and oxygen atoms in total. The molecule has 3 atom stereocenters. The standard InChI is InChI=1S/C22H22F2N4O2/c23-15-8-14(9-16(24)10-15)19-2-1-5-27(19)17-3-7-28-20(11-17)18(12-25-28)22-21(30)4-6-26(22)13-29/h3,7-13,19,21-22,30H,1-2,4-6H2/t19-,21+,22?/m1/s1. The Morgan fingerprint density at radius 2 is 1.90 bits per heavy atom. The number of rotatable bonds is 4. The average Bonchev–Trinajstić information content (AvgIpc) is 3.44. The van der Waals surface area contributed by atoms with Crippen molar-refractivity contribution in [1.29, 1.82) is 0 Å². The zero-order valence-electron chi connectivity index (χ0n) is 16.3. The molecule has 2 aliphatic heterocycles. The molecule has 0 spiro atoms. The molecule has 156 valence electrons. The van der Waals surface area contributed by atoms with Crippen LogP contribution in [-0.2, 0) is 4.79 Å². The highest BCUT2D eigenvalue weighted by Gasteiger charge is 2.35. The minimum atomic E-state index is -0.637. The lowest BCUT2D eigenvalue weighted by Crippen LogP contribution is -2.26. The van der Waals surface area contributed by atoms with E-state index in [4.69, 9.17) is 0 Å². The number of nitrogens with zero attached hydrogens (tertiary/aromatic N) is 4. The molecule has 1 aromatic carbocycles. The van der Waals surface area contributed by atoms with E-state index in [2.05, 4.69) is 10.00 Å². The molecule has 0 saturated carbocycles. The first-order valence-electron chi connectivity index (χ1n) is 10.1. The predicted molar refractivity (Wildman–Crippen MR) is 107 cm³/mol. The second-order valence-electron chi connectivity index (χ2n) is 8.01. The Labute approximate surface area is 172 Å². The number of halogens is 2. The molecule has 0 radical (unpaired) electrons. The zero-order chi connectivity index (χ0) is 20.8. The summed E-state index contributed by atoms with van der Waals surface area (Å²) in [6.45, 7) is 1.28. The Balaban J connectivity index is 1.54. The highest BCUT2D eigenvalue weighted by Crippen LogP contribution is 2.39. The summed E-state index contributed by atoms with van der Waals surface area (Å²) in [6, 6.07) is 7.04. The number of benzene rings is 1. The molecule has 1 amide bonds. The Morgan fingerprint density at radius 3 is 2.67 bits per heavy atom. The number of anilines is 1. The number of pyridine rings is 1. The van der Waals surface area contributed by atoms with E-state index in [-0.39, 0.29) is 6.04 Å². The first-order valence-corrected chi connectivity index (χ1v) is 10.1. The van der Waals surface area contributed by atoms with Crippen LogP contribution in [0.4, 0.5) is 14.5 Å². The van der Waals surface area contributed by atoms with Crippen LogP contribution in [0.25, 0.3) is 5.52 Å².